The Morgan fingerprint density at radius 3 is 2.47 bits per heavy atom. The Balaban J connectivity index is 2.18. The van der Waals surface area contributed by atoms with E-state index < -0.39 is 17.2 Å². The quantitative estimate of drug-likeness (QED) is 0.466. The fourth-order valence-electron chi connectivity index (χ4n) is 3.01. The standard InChI is InChI=1S/C21H21Cl2N5O3S/c1-11(2)17(19(29)25-20(24)30)32-21-27-26-18(12-5-4-6-13(22)9-12)28(21)15-10-14(23)7-8-16(15)31-3/h4-11,17H,1-3H3,(H3,24,25,29,30). The molecule has 0 saturated heterocycles. The number of methoxy groups -OCH3 is 1. The highest BCUT2D eigenvalue weighted by atomic mass is 35.5. The number of nitrogens with two attached hydrogens (primary N) is 1. The molecule has 1 aromatic heterocycles. The molecular formula is C21H21Cl2N5O3S. The zero-order chi connectivity index (χ0) is 23.4. The molecule has 3 amide bonds. The van der Waals surface area contributed by atoms with Crippen molar-refractivity contribution in [1.29, 1.82) is 0 Å². The highest BCUT2D eigenvalue weighted by Crippen LogP contribution is 2.37. The van der Waals surface area contributed by atoms with E-state index >= 15 is 0 Å². The first-order chi connectivity index (χ1) is 15.2. The molecule has 0 aliphatic carbocycles. The van der Waals surface area contributed by atoms with E-state index in [-0.39, 0.29) is 5.92 Å². The van der Waals surface area contributed by atoms with Crippen molar-refractivity contribution in [3.8, 4) is 22.8 Å². The molecule has 32 heavy (non-hydrogen) atoms. The molecule has 3 rings (SSSR count). The molecule has 1 unspecified atom stereocenters. The smallest absolute Gasteiger partial charge is 0.318 e. The Bertz CT molecular complexity index is 1150. The topological polar surface area (TPSA) is 112 Å². The van der Waals surface area contributed by atoms with Crippen LogP contribution >= 0.6 is 35.0 Å². The molecule has 0 spiro atoms. The van der Waals surface area contributed by atoms with Crippen LogP contribution in [0.3, 0.4) is 0 Å². The van der Waals surface area contributed by atoms with Crippen LogP contribution in [0.25, 0.3) is 17.1 Å². The number of urea groups is 1. The summed E-state index contributed by atoms with van der Waals surface area (Å²) in [5.74, 6) is 0.352. The summed E-state index contributed by atoms with van der Waals surface area (Å²) in [4.78, 5) is 23.8. The Kier molecular flexibility index (Phi) is 7.65. The summed E-state index contributed by atoms with van der Waals surface area (Å²) in [6, 6.07) is 11.4. The van der Waals surface area contributed by atoms with Gasteiger partial charge in [-0.15, -0.1) is 10.2 Å². The Morgan fingerprint density at radius 1 is 1.12 bits per heavy atom. The number of primary amides is 1. The molecule has 3 aromatic rings. The van der Waals surface area contributed by atoms with Crippen molar-refractivity contribution in [2.45, 2.75) is 24.3 Å². The Morgan fingerprint density at radius 2 is 1.84 bits per heavy atom. The van der Waals surface area contributed by atoms with Crippen molar-refractivity contribution in [2.75, 3.05) is 7.11 Å². The van der Waals surface area contributed by atoms with E-state index in [1.165, 1.54) is 0 Å². The molecule has 0 bridgehead atoms. The zero-order valence-electron chi connectivity index (χ0n) is 17.5. The van der Waals surface area contributed by atoms with Crippen LogP contribution in [0.2, 0.25) is 10.0 Å². The van der Waals surface area contributed by atoms with Gasteiger partial charge >= 0.3 is 6.03 Å². The van der Waals surface area contributed by atoms with Gasteiger partial charge in [0.2, 0.25) is 5.91 Å². The van der Waals surface area contributed by atoms with Crippen LogP contribution in [0, 0.1) is 5.92 Å². The second-order valence-corrected chi connectivity index (χ2v) is 9.09. The molecule has 11 heteroatoms. The van der Waals surface area contributed by atoms with Crippen LogP contribution in [0.5, 0.6) is 5.75 Å². The minimum absolute atomic E-state index is 0.139. The molecule has 3 N–H and O–H groups in total. The van der Waals surface area contributed by atoms with E-state index in [1.54, 1.807) is 48.1 Å². The van der Waals surface area contributed by atoms with Crippen LogP contribution < -0.4 is 15.8 Å². The number of hydrogen-bond acceptors (Lipinski definition) is 6. The second-order valence-electron chi connectivity index (χ2n) is 7.10. The van der Waals surface area contributed by atoms with Crippen molar-refractivity contribution < 1.29 is 14.3 Å². The van der Waals surface area contributed by atoms with Crippen molar-refractivity contribution in [3.63, 3.8) is 0 Å². The number of nitrogens with zero attached hydrogens (tertiary/aromatic N) is 3. The lowest BCUT2D eigenvalue weighted by molar-refractivity contribution is -0.120. The minimum atomic E-state index is -0.918. The summed E-state index contributed by atoms with van der Waals surface area (Å²) in [5, 5.41) is 11.6. The maximum atomic E-state index is 12.6. The maximum Gasteiger partial charge on any atom is 0.318 e. The summed E-state index contributed by atoms with van der Waals surface area (Å²) in [5.41, 5.74) is 6.43. The van der Waals surface area contributed by atoms with Gasteiger partial charge in [-0.1, -0.05) is 60.9 Å². The van der Waals surface area contributed by atoms with Crippen LogP contribution in [0.4, 0.5) is 4.79 Å². The fraction of sp³-hybridized carbons (Fsp3) is 0.238. The lowest BCUT2D eigenvalue weighted by Crippen LogP contribution is -2.42. The third-order valence-corrected chi connectivity index (χ3v) is 6.40. The number of aromatic nitrogens is 3. The highest BCUT2D eigenvalue weighted by Gasteiger charge is 2.29. The molecule has 1 atom stereocenters. The van der Waals surface area contributed by atoms with Gasteiger partial charge in [-0.3, -0.25) is 14.7 Å². The number of thioether (sulfide) groups is 1. The summed E-state index contributed by atoms with van der Waals surface area (Å²) < 4.78 is 7.28. The number of carbonyl (C=O) groups is 2. The Labute approximate surface area is 199 Å². The normalized spacial score (nSPS) is 11.9. The SMILES string of the molecule is COc1ccc(Cl)cc1-n1c(SC(C(=O)NC(N)=O)C(C)C)nnc1-c1cccc(Cl)c1. The summed E-state index contributed by atoms with van der Waals surface area (Å²) in [6.45, 7) is 3.72. The van der Waals surface area contributed by atoms with Gasteiger partial charge in [-0.2, -0.15) is 0 Å². The van der Waals surface area contributed by atoms with Gasteiger partial charge in [-0.05, 0) is 36.2 Å². The Hall–Kier alpha value is -2.75. The second kappa shape index (κ2) is 10.2. The molecule has 2 aromatic carbocycles. The number of benzene rings is 2. The number of nitrogens with one attached hydrogen (secondary N) is 1. The number of hydrogen-bond donors (Lipinski definition) is 2. The van der Waals surface area contributed by atoms with Gasteiger partial charge in [-0.25, -0.2) is 4.79 Å². The zero-order valence-corrected chi connectivity index (χ0v) is 19.8. The third-order valence-electron chi connectivity index (χ3n) is 4.44. The molecule has 0 radical (unpaired) electrons. The number of amides is 3. The minimum Gasteiger partial charge on any atom is -0.495 e. The van der Waals surface area contributed by atoms with E-state index in [0.717, 1.165) is 11.8 Å². The highest BCUT2D eigenvalue weighted by molar-refractivity contribution is 8.00. The van der Waals surface area contributed by atoms with Gasteiger partial charge in [0.1, 0.15) is 5.75 Å². The van der Waals surface area contributed by atoms with Crippen LogP contribution in [0.15, 0.2) is 47.6 Å². The fourth-order valence-corrected chi connectivity index (χ4v) is 4.41. The molecular weight excluding hydrogens is 473 g/mol. The maximum absolute atomic E-state index is 12.6. The summed E-state index contributed by atoms with van der Waals surface area (Å²) >= 11 is 13.6. The largest absolute Gasteiger partial charge is 0.495 e. The first-order valence-electron chi connectivity index (χ1n) is 9.53. The number of carbonyl (C=O) groups excluding carboxylic acids is 2. The molecule has 168 valence electrons. The predicted octanol–water partition coefficient (Wildman–Crippen LogP) is 4.56. The van der Waals surface area contributed by atoms with Crippen LogP contribution in [0.1, 0.15) is 13.8 Å². The molecule has 8 nitrogen and oxygen atoms in total. The van der Waals surface area contributed by atoms with Gasteiger partial charge in [0.25, 0.3) is 0 Å². The van der Waals surface area contributed by atoms with Crippen LogP contribution in [-0.4, -0.2) is 39.1 Å². The number of ether oxygens (including phenoxy) is 1. The van der Waals surface area contributed by atoms with E-state index in [0.29, 0.717) is 38.0 Å². The average Bonchev–Trinajstić information content (AvgIpc) is 3.14. The van der Waals surface area contributed by atoms with Gasteiger partial charge < -0.3 is 10.5 Å². The monoisotopic (exact) mass is 493 g/mol. The lowest BCUT2D eigenvalue weighted by atomic mass is 10.1. The molecule has 0 fully saturated rings. The predicted molar refractivity (Wildman–Crippen MR) is 126 cm³/mol. The van der Waals surface area contributed by atoms with E-state index in [1.807, 2.05) is 19.9 Å². The molecule has 1 heterocycles. The number of rotatable bonds is 7. The van der Waals surface area contributed by atoms with E-state index in [2.05, 4.69) is 15.5 Å². The van der Waals surface area contributed by atoms with Crippen molar-refractivity contribution >= 4 is 46.9 Å². The van der Waals surface area contributed by atoms with Crippen LogP contribution in [-0.2, 0) is 4.79 Å². The van der Waals surface area contributed by atoms with Gasteiger partial charge in [0.15, 0.2) is 11.0 Å². The van der Waals surface area contributed by atoms with E-state index in [9.17, 15) is 9.59 Å². The first-order valence-corrected chi connectivity index (χ1v) is 11.2. The number of halogens is 2. The molecule has 0 saturated carbocycles. The van der Waals surface area contributed by atoms with Gasteiger partial charge in [0, 0.05) is 15.6 Å². The average molecular weight is 494 g/mol. The van der Waals surface area contributed by atoms with Crippen molar-refractivity contribution in [2.24, 2.45) is 11.7 Å². The third kappa shape index (κ3) is 5.35. The summed E-state index contributed by atoms with van der Waals surface area (Å²) in [6.07, 6.45) is 0. The van der Waals surface area contributed by atoms with E-state index in [4.69, 9.17) is 33.7 Å². The van der Waals surface area contributed by atoms with Crippen molar-refractivity contribution in [1.82, 2.24) is 20.1 Å². The lowest BCUT2D eigenvalue weighted by Gasteiger charge is -2.20. The van der Waals surface area contributed by atoms with Gasteiger partial charge in [0.05, 0.1) is 18.0 Å². The van der Waals surface area contributed by atoms with Crippen molar-refractivity contribution in [3.05, 3.63) is 52.5 Å². The molecule has 0 aliphatic rings. The first kappa shape index (κ1) is 23.9. The molecule has 0 aliphatic heterocycles. The summed E-state index contributed by atoms with van der Waals surface area (Å²) in [7, 11) is 1.54. The number of imide groups is 1.